The van der Waals surface area contributed by atoms with Gasteiger partial charge in [-0.2, -0.15) is 0 Å². The van der Waals surface area contributed by atoms with Crippen molar-refractivity contribution in [1.29, 1.82) is 0 Å². The number of nitrogens with zero attached hydrogens (tertiary/aromatic N) is 1. The maximum atomic E-state index is 9.70. The number of hydrogen-bond acceptors (Lipinski definition) is 3. The number of unbranched alkanes of at least 4 members (excludes halogenated alkanes) is 1. The molecule has 0 bridgehead atoms. The van der Waals surface area contributed by atoms with E-state index in [9.17, 15) is 5.11 Å². The number of rotatable bonds is 6. The molecule has 2 aromatic rings. The van der Waals surface area contributed by atoms with E-state index in [0.717, 1.165) is 12.2 Å². The van der Waals surface area contributed by atoms with Gasteiger partial charge in [0.15, 0.2) is 0 Å². The van der Waals surface area contributed by atoms with Crippen molar-refractivity contribution in [2.24, 2.45) is 0 Å². The molecule has 0 radical (unpaired) electrons. The Morgan fingerprint density at radius 1 is 1.20 bits per heavy atom. The summed E-state index contributed by atoms with van der Waals surface area (Å²) in [5.41, 5.74) is 2.01. The zero-order chi connectivity index (χ0) is 14.4. The Labute approximate surface area is 120 Å². The Kier molecular flexibility index (Phi) is 5.13. The van der Waals surface area contributed by atoms with Crippen LogP contribution in [0.2, 0.25) is 0 Å². The molecule has 1 heterocycles. The Hall–Kier alpha value is -1.87. The van der Waals surface area contributed by atoms with E-state index in [2.05, 4.69) is 24.0 Å². The molecule has 106 valence electrons. The number of aryl methyl sites for hydroxylation is 1. The normalized spacial score (nSPS) is 12.2. The maximum absolute atomic E-state index is 9.70. The molecular formula is C17H21NO2. The molecule has 0 saturated heterocycles. The van der Waals surface area contributed by atoms with Crippen molar-refractivity contribution in [3.8, 4) is 11.6 Å². The number of aliphatic hydroxyl groups is 1. The number of hydrogen-bond donors (Lipinski definition) is 1. The summed E-state index contributed by atoms with van der Waals surface area (Å²) >= 11 is 0. The van der Waals surface area contributed by atoms with E-state index in [1.54, 1.807) is 19.2 Å². The maximum Gasteiger partial charge on any atom is 0.225 e. The van der Waals surface area contributed by atoms with Crippen LogP contribution < -0.4 is 4.74 Å². The highest BCUT2D eigenvalue weighted by Crippen LogP contribution is 2.27. The van der Waals surface area contributed by atoms with E-state index in [1.807, 2.05) is 18.2 Å². The molecule has 0 aliphatic heterocycles. The van der Waals surface area contributed by atoms with E-state index in [0.29, 0.717) is 11.4 Å². The molecule has 0 unspecified atom stereocenters. The second-order valence-corrected chi connectivity index (χ2v) is 4.92. The lowest BCUT2D eigenvalue weighted by atomic mass is 10.1. The number of aromatic nitrogens is 1. The van der Waals surface area contributed by atoms with Crippen molar-refractivity contribution in [1.82, 2.24) is 4.98 Å². The highest BCUT2D eigenvalue weighted by molar-refractivity contribution is 5.34. The molecule has 1 N–H and O–H groups in total. The lowest BCUT2D eigenvalue weighted by Crippen LogP contribution is -1.98. The molecule has 0 aliphatic carbocycles. The number of aliphatic hydroxyl groups excluding tert-OH is 1. The topological polar surface area (TPSA) is 42.4 Å². The average molecular weight is 271 g/mol. The summed E-state index contributed by atoms with van der Waals surface area (Å²) in [4.78, 5) is 4.19. The molecule has 1 aromatic heterocycles. The van der Waals surface area contributed by atoms with Gasteiger partial charge in [0.25, 0.3) is 0 Å². The van der Waals surface area contributed by atoms with Crippen LogP contribution >= 0.6 is 0 Å². The van der Waals surface area contributed by atoms with Gasteiger partial charge in [0.1, 0.15) is 5.75 Å². The number of pyridine rings is 1. The van der Waals surface area contributed by atoms with E-state index >= 15 is 0 Å². The van der Waals surface area contributed by atoms with E-state index in [4.69, 9.17) is 4.74 Å². The molecule has 2 rings (SSSR count). The third-order valence-corrected chi connectivity index (χ3v) is 3.21. The molecular weight excluding hydrogens is 250 g/mol. The zero-order valence-corrected chi connectivity index (χ0v) is 12.0. The summed E-state index contributed by atoms with van der Waals surface area (Å²) in [7, 11) is 0. The minimum atomic E-state index is -0.595. The van der Waals surface area contributed by atoms with Gasteiger partial charge in [0, 0.05) is 11.8 Å². The Morgan fingerprint density at radius 3 is 2.60 bits per heavy atom. The van der Waals surface area contributed by atoms with Crippen molar-refractivity contribution in [3.05, 3.63) is 53.7 Å². The Morgan fingerprint density at radius 2 is 1.95 bits per heavy atom. The van der Waals surface area contributed by atoms with Gasteiger partial charge in [-0.25, -0.2) is 4.98 Å². The van der Waals surface area contributed by atoms with Crippen LogP contribution in [0.5, 0.6) is 11.6 Å². The molecule has 1 atom stereocenters. The lowest BCUT2D eigenvalue weighted by Gasteiger charge is -2.11. The monoisotopic (exact) mass is 271 g/mol. The molecule has 0 amide bonds. The van der Waals surface area contributed by atoms with Gasteiger partial charge in [-0.05, 0) is 49.6 Å². The van der Waals surface area contributed by atoms with Crippen molar-refractivity contribution in [2.45, 2.75) is 39.2 Å². The minimum Gasteiger partial charge on any atom is -0.439 e. The summed E-state index contributed by atoms with van der Waals surface area (Å²) < 4.78 is 5.76. The van der Waals surface area contributed by atoms with Crippen molar-refractivity contribution in [3.63, 3.8) is 0 Å². The second-order valence-electron chi connectivity index (χ2n) is 4.92. The summed E-state index contributed by atoms with van der Waals surface area (Å²) in [5, 5.41) is 9.70. The smallest absolute Gasteiger partial charge is 0.225 e. The summed E-state index contributed by atoms with van der Waals surface area (Å²) in [6.45, 7) is 3.90. The van der Waals surface area contributed by atoms with Gasteiger partial charge in [0.2, 0.25) is 5.88 Å². The fourth-order valence-electron chi connectivity index (χ4n) is 2.02. The van der Waals surface area contributed by atoms with Crippen molar-refractivity contribution in [2.75, 3.05) is 0 Å². The predicted octanol–water partition coefficient (Wildman–Crippen LogP) is 4.27. The van der Waals surface area contributed by atoms with Crippen molar-refractivity contribution < 1.29 is 9.84 Å². The number of ether oxygens (including phenoxy) is 1. The van der Waals surface area contributed by atoms with Gasteiger partial charge in [-0.15, -0.1) is 0 Å². The standard InChI is InChI=1S/C17H21NO2/c1-3-4-6-14-8-10-15(11-9-14)20-17-16(13(2)19)7-5-12-18-17/h5,7-13,19H,3-4,6H2,1-2H3/t13-/m0/s1. The van der Waals surface area contributed by atoms with Gasteiger partial charge >= 0.3 is 0 Å². The van der Waals surface area contributed by atoms with Crippen LogP contribution in [0, 0.1) is 0 Å². The highest BCUT2D eigenvalue weighted by Gasteiger charge is 2.10. The fourth-order valence-corrected chi connectivity index (χ4v) is 2.02. The molecule has 3 nitrogen and oxygen atoms in total. The minimum absolute atomic E-state index is 0.462. The highest BCUT2D eigenvalue weighted by atomic mass is 16.5. The average Bonchev–Trinajstić information content (AvgIpc) is 2.47. The first-order valence-corrected chi connectivity index (χ1v) is 7.10. The first kappa shape index (κ1) is 14.5. The third kappa shape index (κ3) is 3.81. The van der Waals surface area contributed by atoms with Crippen LogP contribution in [0.4, 0.5) is 0 Å². The molecule has 1 aromatic carbocycles. The van der Waals surface area contributed by atoms with Gasteiger partial charge in [-0.1, -0.05) is 25.5 Å². The Balaban J connectivity index is 2.10. The van der Waals surface area contributed by atoms with E-state index in [1.165, 1.54) is 18.4 Å². The molecule has 0 fully saturated rings. The predicted molar refractivity (Wildman–Crippen MR) is 80.0 cm³/mol. The quantitative estimate of drug-likeness (QED) is 0.853. The first-order valence-electron chi connectivity index (χ1n) is 7.10. The van der Waals surface area contributed by atoms with Crippen LogP contribution in [0.15, 0.2) is 42.6 Å². The first-order chi connectivity index (χ1) is 9.70. The van der Waals surface area contributed by atoms with Gasteiger partial charge < -0.3 is 9.84 Å². The lowest BCUT2D eigenvalue weighted by molar-refractivity contribution is 0.194. The summed E-state index contributed by atoms with van der Waals surface area (Å²) in [6.07, 6.45) is 4.56. The van der Waals surface area contributed by atoms with Crippen LogP contribution in [0.25, 0.3) is 0 Å². The molecule has 0 aliphatic rings. The van der Waals surface area contributed by atoms with Crippen LogP contribution in [-0.4, -0.2) is 10.1 Å². The van der Waals surface area contributed by atoms with Crippen LogP contribution in [0.1, 0.15) is 43.9 Å². The van der Waals surface area contributed by atoms with Crippen LogP contribution in [0.3, 0.4) is 0 Å². The summed E-state index contributed by atoms with van der Waals surface area (Å²) in [5.74, 6) is 1.20. The fraction of sp³-hybridized carbons (Fsp3) is 0.353. The molecule has 0 saturated carbocycles. The molecule has 0 spiro atoms. The zero-order valence-electron chi connectivity index (χ0n) is 12.0. The van der Waals surface area contributed by atoms with Gasteiger partial charge in [0.05, 0.1) is 6.10 Å². The van der Waals surface area contributed by atoms with Crippen LogP contribution in [-0.2, 0) is 6.42 Å². The Bertz CT molecular complexity index is 535. The summed E-state index contributed by atoms with van der Waals surface area (Å²) in [6, 6.07) is 11.7. The van der Waals surface area contributed by atoms with E-state index < -0.39 is 6.10 Å². The third-order valence-electron chi connectivity index (χ3n) is 3.21. The van der Waals surface area contributed by atoms with Gasteiger partial charge in [-0.3, -0.25) is 0 Å². The number of benzene rings is 1. The van der Waals surface area contributed by atoms with Crippen molar-refractivity contribution >= 4 is 0 Å². The second kappa shape index (κ2) is 7.06. The molecule has 20 heavy (non-hydrogen) atoms. The SMILES string of the molecule is CCCCc1ccc(Oc2ncccc2[C@H](C)O)cc1. The molecule has 3 heteroatoms. The van der Waals surface area contributed by atoms with E-state index in [-0.39, 0.29) is 0 Å². The largest absolute Gasteiger partial charge is 0.439 e.